The molecule has 0 saturated heterocycles. The third kappa shape index (κ3) is 114. The Balaban J connectivity index is 0. The molecule has 0 radical (unpaired) electrons. The summed E-state index contributed by atoms with van der Waals surface area (Å²) in [5.41, 5.74) is 0. The molecule has 0 N–H and O–H groups in total. The van der Waals surface area contributed by atoms with Crippen molar-refractivity contribution in [2.24, 2.45) is 0 Å². The zero-order chi connectivity index (χ0) is 6.28. The standard InChI is InChI=1S/C3H5.3ClH.Zr/c1-3-2;;;;/h3H,1-2H2;3*1H;/q-1;;;;+3/p-3. The summed E-state index contributed by atoms with van der Waals surface area (Å²) in [5, 5.41) is 0. The van der Waals surface area contributed by atoms with E-state index in [1.165, 1.54) is 6.08 Å². The van der Waals surface area contributed by atoms with Gasteiger partial charge in [-0.15, -0.1) is 0 Å². The topological polar surface area (TPSA) is 0 Å². The van der Waals surface area contributed by atoms with E-state index >= 15 is 0 Å². The fourth-order valence-corrected chi connectivity index (χ4v) is 0. The second kappa shape index (κ2) is 10.4. The molecule has 4 heteroatoms. The molecule has 0 aromatic carbocycles. The molecule has 0 aliphatic carbocycles. The zero-order valence-corrected chi connectivity index (χ0v) is 8.35. The Morgan fingerprint density at radius 1 is 1.43 bits per heavy atom. The average Bonchev–Trinajstić information content (AvgIpc) is 1.33. The van der Waals surface area contributed by atoms with E-state index < -0.39 is 18.2 Å². The number of hydrogen-bond acceptors (Lipinski definition) is 0. The van der Waals surface area contributed by atoms with Crippen molar-refractivity contribution in [1.29, 1.82) is 0 Å². The van der Waals surface area contributed by atoms with Gasteiger partial charge in [0.15, 0.2) is 0 Å². The van der Waals surface area contributed by atoms with Crippen LogP contribution >= 0.6 is 25.5 Å². The Morgan fingerprint density at radius 3 is 1.43 bits per heavy atom. The number of hydrogen-bond donors (Lipinski definition) is 0. The first-order valence-corrected chi connectivity index (χ1v) is 10.9. The van der Waals surface area contributed by atoms with Crippen LogP contribution in [0.4, 0.5) is 0 Å². The third-order valence-electron chi connectivity index (χ3n) is 0. The Morgan fingerprint density at radius 2 is 1.43 bits per heavy atom. The summed E-state index contributed by atoms with van der Waals surface area (Å²) in [7, 11) is 15.0. The SMILES string of the molecule is C=C[CH2-].[Cl][Zr]([Cl])[Cl]. The van der Waals surface area contributed by atoms with Crippen molar-refractivity contribution in [2.45, 2.75) is 0 Å². The van der Waals surface area contributed by atoms with Crippen LogP contribution in [0.25, 0.3) is 0 Å². The number of rotatable bonds is 0. The molecule has 0 atom stereocenters. The van der Waals surface area contributed by atoms with Gasteiger partial charge in [-0.3, -0.25) is 0 Å². The van der Waals surface area contributed by atoms with Gasteiger partial charge in [0.2, 0.25) is 0 Å². The van der Waals surface area contributed by atoms with E-state index in [0.717, 1.165) is 0 Å². The van der Waals surface area contributed by atoms with E-state index in [9.17, 15) is 0 Å². The van der Waals surface area contributed by atoms with Crippen LogP contribution in [0.1, 0.15) is 0 Å². The van der Waals surface area contributed by atoms with Crippen LogP contribution in [0, 0.1) is 6.92 Å². The van der Waals surface area contributed by atoms with E-state index in [0.29, 0.717) is 0 Å². The molecule has 0 unspecified atom stereocenters. The molecule has 0 aliphatic heterocycles. The molecule has 0 fully saturated rings. The van der Waals surface area contributed by atoms with Crippen molar-refractivity contribution < 1.29 is 18.2 Å². The molecule has 0 aliphatic rings. The van der Waals surface area contributed by atoms with Gasteiger partial charge in [0.05, 0.1) is 0 Å². The fourth-order valence-electron chi connectivity index (χ4n) is 0. The zero-order valence-electron chi connectivity index (χ0n) is 3.63. The van der Waals surface area contributed by atoms with Gasteiger partial charge < -0.3 is 0 Å². The molecule has 0 rings (SSSR count). The number of halogens is 3. The summed E-state index contributed by atoms with van der Waals surface area (Å²) < 4.78 is 0. The maximum atomic E-state index is 5.00. The van der Waals surface area contributed by atoms with Gasteiger partial charge in [-0.2, -0.15) is 0 Å². The molecular formula is C3H5Cl3Zr-. The number of allylic oxidation sites excluding steroid dienone is 1. The fraction of sp³-hybridized carbons (Fsp3) is 0. The van der Waals surface area contributed by atoms with Crippen molar-refractivity contribution in [2.75, 3.05) is 0 Å². The molecule has 0 saturated carbocycles. The van der Waals surface area contributed by atoms with Crippen LogP contribution in [0.2, 0.25) is 0 Å². The first-order chi connectivity index (χ1) is 3.15. The molecule has 0 bridgehead atoms. The van der Waals surface area contributed by atoms with E-state index in [-0.39, 0.29) is 0 Å². The van der Waals surface area contributed by atoms with Crippen LogP contribution in [0.5, 0.6) is 0 Å². The molecule has 0 spiro atoms. The van der Waals surface area contributed by atoms with Gasteiger partial charge in [0, 0.05) is 0 Å². The van der Waals surface area contributed by atoms with Crippen molar-refractivity contribution in [3.05, 3.63) is 19.6 Å². The van der Waals surface area contributed by atoms with Gasteiger partial charge in [-0.05, 0) is 0 Å². The van der Waals surface area contributed by atoms with E-state index in [1.807, 2.05) is 0 Å². The van der Waals surface area contributed by atoms with Crippen molar-refractivity contribution in [3.63, 3.8) is 0 Å². The molecule has 0 amide bonds. The average molecular weight is 239 g/mol. The van der Waals surface area contributed by atoms with E-state index in [1.54, 1.807) is 0 Å². The monoisotopic (exact) mass is 236 g/mol. The van der Waals surface area contributed by atoms with Gasteiger partial charge >= 0.3 is 43.7 Å². The molecule has 0 heterocycles. The first-order valence-electron chi connectivity index (χ1n) is 1.38. The van der Waals surface area contributed by atoms with Crippen LogP contribution in [0.3, 0.4) is 0 Å². The van der Waals surface area contributed by atoms with Gasteiger partial charge in [0.25, 0.3) is 0 Å². The second-order valence-corrected chi connectivity index (χ2v) is 11.7. The Hall–Kier alpha value is 1.36. The Kier molecular flexibility index (Phi) is 16.6. The predicted octanol–water partition coefficient (Wildman–Crippen LogP) is 3.07. The summed E-state index contributed by atoms with van der Waals surface area (Å²) in [6.07, 6.45) is 1.50. The van der Waals surface area contributed by atoms with Crippen molar-refractivity contribution in [1.82, 2.24) is 0 Å². The minimum absolute atomic E-state index is 1.50. The predicted molar refractivity (Wildman–Crippen MR) is 33.1 cm³/mol. The quantitative estimate of drug-likeness (QED) is 0.569. The molecule has 43 valence electrons. The van der Waals surface area contributed by atoms with Gasteiger partial charge in [-0.25, -0.2) is 19.6 Å². The normalized spacial score (nSPS) is 5.57. The van der Waals surface area contributed by atoms with Crippen LogP contribution in [-0.4, -0.2) is 0 Å². The van der Waals surface area contributed by atoms with E-state index in [2.05, 4.69) is 13.5 Å². The van der Waals surface area contributed by atoms with Crippen molar-refractivity contribution in [3.8, 4) is 0 Å². The molecule has 0 aromatic rings. The van der Waals surface area contributed by atoms with Gasteiger partial charge in [-0.1, -0.05) is 0 Å². The molecular weight excluding hydrogens is 234 g/mol. The summed E-state index contributed by atoms with van der Waals surface area (Å²) in [6.45, 7) is 6.50. The Labute approximate surface area is 62.8 Å². The van der Waals surface area contributed by atoms with Crippen LogP contribution in [-0.2, 0) is 18.2 Å². The maximum absolute atomic E-state index is 5.00. The summed E-state index contributed by atoms with van der Waals surface area (Å²) in [6, 6.07) is 0. The Bertz CT molecular complexity index is 34.4. The second-order valence-electron chi connectivity index (χ2n) is 0.503. The third-order valence-corrected chi connectivity index (χ3v) is 0. The van der Waals surface area contributed by atoms with Crippen molar-refractivity contribution >= 4 is 25.5 Å². The molecule has 7 heavy (non-hydrogen) atoms. The summed E-state index contributed by atoms with van der Waals surface area (Å²) in [4.78, 5) is 0. The molecule has 0 aromatic heterocycles. The first kappa shape index (κ1) is 11.2. The summed E-state index contributed by atoms with van der Waals surface area (Å²) in [5.74, 6) is 0. The van der Waals surface area contributed by atoms with Gasteiger partial charge in [0.1, 0.15) is 0 Å². The van der Waals surface area contributed by atoms with Crippen LogP contribution in [0.15, 0.2) is 12.7 Å². The summed E-state index contributed by atoms with van der Waals surface area (Å²) >= 11 is -2.13. The molecule has 0 nitrogen and oxygen atoms in total. The minimum atomic E-state index is -2.13. The van der Waals surface area contributed by atoms with E-state index in [4.69, 9.17) is 25.5 Å². The van der Waals surface area contributed by atoms with Crippen LogP contribution < -0.4 is 0 Å².